The molecule has 0 radical (unpaired) electrons. The molecule has 0 unspecified atom stereocenters. The summed E-state index contributed by atoms with van der Waals surface area (Å²) in [6.07, 6.45) is 1.11. The highest BCUT2D eigenvalue weighted by molar-refractivity contribution is 7.15. The molecule has 2 aliphatic rings. The Hall–Kier alpha value is -3.99. The second kappa shape index (κ2) is 9.94. The van der Waals surface area contributed by atoms with E-state index >= 15 is 0 Å². The normalized spacial score (nSPS) is 15.0. The summed E-state index contributed by atoms with van der Waals surface area (Å²) in [6.45, 7) is 4.95. The molecule has 0 aliphatic carbocycles. The summed E-state index contributed by atoms with van der Waals surface area (Å²) in [5.41, 5.74) is 3.43. The van der Waals surface area contributed by atoms with Gasteiger partial charge in [0.25, 0.3) is 11.8 Å². The molecule has 5 rings (SSSR count). The second-order valence-electron chi connectivity index (χ2n) is 8.81. The first-order chi connectivity index (χ1) is 17.4. The molecule has 10 nitrogen and oxygen atoms in total. The van der Waals surface area contributed by atoms with Gasteiger partial charge >= 0.3 is 0 Å². The molecular weight excluding hydrogens is 482 g/mol. The van der Waals surface area contributed by atoms with E-state index < -0.39 is 5.91 Å². The number of fused-ring (bicyclic) bond motifs is 1. The lowest BCUT2D eigenvalue weighted by Gasteiger charge is -2.30. The van der Waals surface area contributed by atoms with Gasteiger partial charge in [-0.25, -0.2) is 0 Å². The van der Waals surface area contributed by atoms with Crippen molar-refractivity contribution in [3.05, 3.63) is 57.5 Å². The molecule has 186 valence electrons. The quantitative estimate of drug-likeness (QED) is 0.541. The zero-order valence-corrected chi connectivity index (χ0v) is 20.7. The fourth-order valence-corrected chi connectivity index (χ4v) is 4.85. The fraction of sp³-hybridized carbons (Fsp3) is 0.320. The number of rotatable bonds is 5. The molecule has 0 bridgehead atoms. The van der Waals surface area contributed by atoms with Crippen molar-refractivity contribution in [2.45, 2.75) is 26.7 Å². The highest BCUT2D eigenvalue weighted by Crippen LogP contribution is 2.34. The van der Waals surface area contributed by atoms with E-state index in [2.05, 4.69) is 20.8 Å². The van der Waals surface area contributed by atoms with Gasteiger partial charge in [0.1, 0.15) is 0 Å². The number of benzene rings is 2. The van der Waals surface area contributed by atoms with Crippen LogP contribution in [0.3, 0.4) is 0 Å². The van der Waals surface area contributed by atoms with Gasteiger partial charge in [0, 0.05) is 36.4 Å². The predicted molar refractivity (Wildman–Crippen MR) is 134 cm³/mol. The Kier molecular flexibility index (Phi) is 6.55. The van der Waals surface area contributed by atoms with Gasteiger partial charge in [-0.2, -0.15) is 0 Å². The summed E-state index contributed by atoms with van der Waals surface area (Å²) in [4.78, 5) is 40.0. The van der Waals surface area contributed by atoms with Crippen LogP contribution in [0.1, 0.15) is 43.6 Å². The number of aryl methyl sites for hydroxylation is 2. The first-order valence-electron chi connectivity index (χ1n) is 11.6. The van der Waals surface area contributed by atoms with E-state index in [1.54, 1.807) is 23.1 Å². The summed E-state index contributed by atoms with van der Waals surface area (Å²) in [5.74, 6) is 0.200. The van der Waals surface area contributed by atoms with Crippen molar-refractivity contribution in [3.63, 3.8) is 0 Å². The van der Waals surface area contributed by atoms with Crippen molar-refractivity contribution in [1.29, 1.82) is 0 Å². The fourth-order valence-electron chi connectivity index (χ4n) is 4.15. The van der Waals surface area contributed by atoms with Gasteiger partial charge < -0.3 is 25.0 Å². The molecule has 11 heteroatoms. The van der Waals surface area contributed by atoms with E-state index in [1.165, 1.54) is 0 Å². The van der Waals surface area contributed by atoms with Crippen molar-refractivity contribution < 1.29 is 23.9 Å². The first kappa shape index (κ1) is 23.7. The Morgan fingerprint density at radius 2 is 1.69 bits per heavy atom. The lowest BCUT2D eigenvalue weighted by molar-refractivity contribution is -0.121. The molecular formula is C25H25N5O5S. The van der Waals surface area contributed by atoms with Crippen LogP contribution in [0.4, 0.5) is 11.4 Å². The SMILES string of the molecule is Cc1ccc(C)c(NC(=O)C2CCN(C(=O)c3nnc(C(=O)Nc4ccc5c(c4)OCO5)s3)CC2)c1. The van der Waals surface area contributed by atoms with Crippen molar-refractivity contribution in [1.82, 2.24) is 15.1 Å². The molecule has 1 aromatic heterocycles. The van der Waals surface area contributed by atoms with Crippen LogP contribution in [-0.2, 0) is 4.79 Å². The molecule has 2 N–H and O–H groups in total. The lowest BCUT2D eigenvalue weighted by atomic mass is 9.95. The molecule has 3 amide bonds. The van der Waals surface area contributed by atoms with E-state index in [9.17, 15) is 14.4 Å². The number of hydrogen-bond acceptors (Lipinski definition) is 8. The third-order valence-corrected chi connectivity index (χ3v) is 7.15. The van der Waals surface area contributed by atoms with Crippen LogP contribution >= 0.6 is 11.3 Å². The number of carbonyl (C=O) groups excluding carboxylic acids is 3. The van der Waals surface area contributed by atoms with Gasteiger partial charge in [0.15, 0.2) is 11.5 Å². The van der Waals surface area contributed by atoms with Crippen LogP contribution in [0, 0.1) is 19.8 Å². The zero-order valence-electron chi connectivity index (χ0n) is 19.9. The molecule has 1 fully saturated rings. The van der Waals surface area contributed by atoms with E-state index in [1.807, 2.05) is 32.0 Å². The number of aromatic nitrogens is 2. The number of nitrogens with zero attached hydrogens (tertiary/aromatic N) is 3. The maximum Gasteiger partial charge on any atom is 0.286 e. The Bertz CT molecular complexity index is 1330. The number of hydrogen-bond donors (Lipinski definition) is 2. The maximum atomic E-state index is 12.9. The standard InChI is InChI=1S/C25H25N5O5S/c1-14-3-4-15(2)18(11-14)27-21(31)16-7-9-30(10-8-16)25(33)24-29-28-23(36-24)22(32)26-17-5-6-19-20(12-17)35-13-34-19/h3-6,11-12,16H,7-10,13H2,1-2H3,(H,26,32)(H,27,31). The van der Waals surface area contributed by atoms with Crippen LogP contribution < -0.4 is 20.1 Å². The van der Waals surface area contributed by atoms with Gasteiger partial charge in [-0.3, -0.25) is 14.4 Å². The highest BCUT2D eigenvalue weighted by Gasteiger charge is 2.30. The van der Waals surface area contributed by atoms with Crippen molar-refractivity contribution in [2.24, 2.45) is 5.92 Å². The van der Waals surface area contributed by atoms with Crippen molar-refractivity contribution >= 4 is 40.4 Å². The first-order valence-corrected chi connectivity index (χ1v) is 12.4. The number of nitrogens with one attached hydrogen (secondary N) is 2. The van der Waals surface area contributed by atoms with Crippen LogP contribution in [0.25, 0.3) is 0 Å². The van der Waals surface area contributed by atoms with Crippen LogP contribution in [0.5, 0.6) is 11.5 Å². The van der Waals surface area contributed by atoms with Crippen LogP contribution in [-0.4, -0.2) is 52.7 Å². The number of amides is 3. The van der Waals surface area contributed by atoms with Crippen LogP contribution in [0.15, 0.2) is 36.4 Å². The van der Waals surface area contributed by atoms with E-state index in [0.717, 1.165) is 28.2 Å². The molecule has 0 spiro atoms. The summed E-state index contributed by atoms with van der Waals surface area (Å²) in [7, 11) is 0. The van der Waals surface area contributed by atoms with Gasteiger partial charge in [-0.05, 0) is 56.0 Å². The topological polar surface area (TPSA) is 123 Å². The van der Waals surface area contributed by atoms with E-state index in [-0.39, 0.29) is 34.5 Å². The number of carbonyl (C=O) groups is 3. The molecule has 3 heterocycles. The van der Waals surface area contributed by atoms with E-state index in [4.69, 9.17) is 9.47 Å². The highest BCUT2D eigenvalue weighted by atomic mass is 32.1. The molecule has 2 aromatic carbocycles. The molecule has 0 saturated carbocycles. The average molecular weight is 508 g/mol. The monoisotopic (exact) mass is 507 g/mol. The van der Waals surface area contributed by atoms with Gasteiger partial charge in [0.2, 0.25) is 22.7 Å². The Balaban J connectivity index is 1.15. The predicted octanol–water partition coefficient (Wildman–Crippen LogP) is 3.63. The van der Waals surface area contributed by atoms with Gasteiger partial charge in [0.05, 0.1) is 0 Å². The number of ether oxygens (including phenoxy) is 2. The summed E-state index contributed by atoms with van der Waals surface area (Å²) in [6, 6.07) is 11.0. The largest absolute Gasteiger partial charge is 0.454 e. The van der Waals surface area contributed by atoms with Gasteiger partial charge in [-0.1, -0.05) is 23.5 Å². The zero-order chi connectivity index (χ0) is 25.2. The number of likely N-dealkylation sites (tertiary alicyclic amines) is 1. The minimum atomic E-state index is -0.466. The number of anilines is 2. The molecule has 3 aromatic rings. The van der Waals surface area contributed by atoms with Crippen LogP contribution in [0.2, 0.25) is 0 Å². The van der Waals surface area contributed by atoms with Crippen molar-refractivity contribution in [2.75, 3.05) is 30.5 Å². The maximum absolute atomic E-state index is 12.9. The third kappa shape index (κ3) is 5.01. The minimum absolute atomic E-state index is 0.0332. The number of piperidine rings is 1. The summed E-state index contributed by atoms with van der Waals surface area (Å²) >= 11 is 0.939. The smallest absolute Gasteiger partial charge is 0.286 e. The van der Waals surface area contributed by atoms with Crippen molar-refractivity contribution in [3.8, 4) is 11.5 Å². The summed E-state index contributed by atoms with van der Waals surface area (Å²) in [5, 5.41) is 13.8. The van der Waals surface area contributed by atoms with Gasteiger partial charge in [-0.15, -0.1) is 10.2 Å². The third-order valence-electron chi connectivity index (χ3n) is 6.24. The Labute approximate surface area is 211 Å². The second-order valence-corrected chi connectivity index (χ2v) is 9.79. The van der Waals surface area contributed by atoms with E-state index in [0.29, 0.717) is 43.1 Å². The minimum Gasteiger partial charge on any atom is -0.454 e. The summed E-state index contributed by atoms with van der Waals surface area (Å²) < 4.78 is 10.6. The molecule has 1 saturated heterocycles. The molecule has 0 atom stereocenters. The molecule has 2 aliphatic heterocycles. The Morgan fingerprint density at radius 3 is 2.50 bits per heavy atom. The average Bonchev–Trinajstić information content (AvgIpc) is 3.56. The Morgan fingerprint density at radius 1 is 0.944 bits per heavy atom. The lowest BCUT2D eigenvalue weighted by Crippen LogP contribution is -2.41. The molecule has 36 heavy (non-hydrogen) atoms.